The first-order valence-corrected chi connectivity index (χ1v) is 8.64. The van der Waals surface area contributed by atoms with Crippen LogP contribution in [0, 0.1) is 11.8 Å². The van der Waals surface area contributed by atoms with Gasteiger partial charge in [-0.15, -0.1) is 10.2 Å². The van der Waals surface area contributed by atoms with Crippen molar-refractivity contribution >= 4 is 17.5 Å². The van der Waals surface area contributed by atoms with Crippen LogP contribution in [-0.4, -0.2) is 33.1 Å². The molecule has 3 rings (SSSR count). The fraction of sp³-hybridized carbons (Fsp3) is 0.444. The third-order valence-electron chi connectivity index (χ3n) is 4.46. The van der Waals surface area contributed by atoms with Gasteiger partial charge in [0, 0.05) is 36.7 Å². The molecule has 1 fully saturated rings. The minimum Gasteiger partial charge on any atom is -0.355 e. The van der Waals surface area contributed by atoms with Crippen LogP contribution in [0.4, 0.5) is 5.69 Å². The van der Waals surface area contributed by atoms with Crippen molar-refractivity contribution in [2.24, 2.45) is 11.8 Å². The van der Waals surface area contributed by atoms with Crippen molar-refractivity contribution in [3.8, 4) is 11.4 Å². The van der Waals surface area contributed by atoms with Crippen LogP contribution in [0.25, 0.3) is 11.4 Å². The minimum atomic E-state index is -0.127. The van der Waals surface area contributed by atoms with E-state index in [9.17, 15) is 9.59 Å². The molecule has 1 aliphatic carbocycles. The molecule has 0 spiro atoms. The zero-order chi connectivity index (χ0) is 17.8. The van der Waals surface area contributed by atoms with E-state index < -0.39 is 0 Å². The summed E-state index contributed by atoms with van der Waals surface area (Å²) in [6.45, 7) is 5.22. The summed E-state index contributed by atoms with van der Waals surface area (Å²) in [6.07, 6.45) is 2.89. The molecule has 0 aliphatic heterocycles. The number of aryl methyl sites for hydroxylation is 1. The summed E-state index contributed by atoms with van der Waals surface area (Å²) in [6, 6.07) is 7.51. The van der Waals surface area contributed by atoms with Gasteiger partial charge >= 0.3 is 0 Å². The highest BCUT2D eigenvalue weighted by Crippen LogP contribution is 2.37. The summed E-state index contributed by atoms with van der Waals surface area (Å²) in [7, 11) is 0. The molecule has 2 N–H and O–H groups in total. The first-order valence-electron chi connectivity index (χ1n) is 8.64. The lowest BCUT2D eigenvalue weighted by molar-refractivity contribution is -0.122. The van der Waals surface area contributed by atoms with Gasteiger partial charge in [-0.25, -0.2) is 0 Å². The molecule has 1 saturated carbocycles. The van der Waals surface area contributed by atoms with Gasteiger partial charge in [-0.05, 0) is 31.4 Å². The van der Waals surface area contributed by atoms with Crippen molar-refractivity contribution in [1.82, 2.24) is 20.1 Å². The molecule has 25 heavy (non-hydrogen) atoms. The highest BCUT2D eigenvalue weighted by Gasteiger charge is 2.38. The maximum absolute atomic E-state index is 12.1. The van der Waals surface area contributed by atoms with Crippen molar-refractivity contribution < 1.29 is 9.59 Å². The van der Waals surface area contributed by atoms with E-state index in [0.717, 1.165) is 24.4 Å². The first kappa shape index (κ1) is 17.1. The maximum atomic E-state index is 12.1. The SMILES string of the molecule is CCn1cnnc1-c1cccc(NC(=O)CCNC(=O)[C@@H]2C[C@@H]2C)c1. The van der Waals surface area contributed by atoms with Gasteiger partial charge < -0.3 is 15.2 Å². The summed E-state index contributed by atoms with van der Waals surface area (Å²) in [5.74, 6) is 1.31. The second-order valence-corrected chi connectivity index (χ2v) is 6.43. The van der Waals surface area contributed by atoms with Crippen molar-refractivity contribution in [1.29, 1.82) is 0 Å². The number of nitrogens with zero attached hydrogens (tertiary/aromatic N) is 3. The lowest BCUT2D eigenvalue weighted by Gasteiger charge is -2.09. The lowest BCUT2D eigenvalue weighted by atomic mass is 10.2. The van der Waals surface area contributed by atoms with Gasteiger partial charge in [0.25, 0.3) is 0 Å². The standard InChI is InChI=1S/C18H23N5O2/c1-3-23-11-20-22-17(23)13-5-4-6-14(10-13)21-16(24)7-8-19-18(25)15-9-12(15)2/h4-6,10-12,15H,3,7-9H2,1-2H3,(H,19,25)(H,21,24)/t12-,15+/m0/s1. The third-order valence-corrected chi connectivity index (χ3v) is 4.46. The number of carbonyl (C=O) groups is 2. The van der Waals surface area contributed by atoms with Gasteiger partial charge in [0.05, 0.1) is 0 Å². The second-order valence-electron chi connectivity index (χ2n) is 6.43. The second kappa shape index (κ2) is 7.46. The predicted molar refractivity (Wildman–Crippen MR) is 94.7 cm³/mol. The van der Waals surface area contributed by atoms with Gasteiger partial charge in [0.15, 0.2) is 5.82 Å². The lowest BCUT2D eigenvalue weighted by Crippen LogP contribution is -2.29. The smallest absolute Gasteiger partial charge is 0.226 e. The largest absolute Gasteiger partial charge is 0.355 e. The van der Waals surface area contributed by atoms with Crippen LogP contribution in [0.2, 0.25) is 0 Å². The number of carbonyl (C=O) groups excluding carboxylic acids is 2. The van der Waals surface area contributed by atoms with E-state index in [1.54, 1.807) is 6.33 Å². The summed E-state index contributed by atoms with van der Waals surface area (Å²) in [5, 5.41) is 13.7. The highest BCUT2D eigenvalue weighted by molar-refractivity contribution is 5.92. The molecular formula is C18H23N5O2. The minimum absolute atomic E-state index is 0.0567. The molecular weight excluding hydrogens is 318 g/mol. The molecule has 0 bridgehead atoms. The van der Waals surface area contributed by atoms with Crippen LogP contribution in [0.1, 0.15) is 26.7 Å². The van der Waals surface area contributed by atoms with Crippen LogP contribution in [0.3, 0.4) is 0 Å². The zero-order valence-corrected chi connectivity index (χ0v) is 14.5. The van der Waals surface area contributed by atoms with Crippen LogP contribution in [0.5, 0.6) is 0 Å². The Kier molecular flexibility index (Phi) is 5.11. The molecule has 0 saturated heterocycles. The Morgan fingerprint density at radius 2 is 2.16 bits per heavy atom. The van der Waals surface area contributed by atoms with E-state index in [1.807, 2.05) is 35.8 Å². The Morgan fingerprint density at radius 1 is 1.36 bits per heavy atom. The predicted octanol–water partition coefficient (Wildman–Crippen LogP) is 2.07. The van der Waals surface area contributed by atoms with Gasteiger partial charge in [-0.1, -0.05) is 19.1 Å². The maximum Gasteiger partial charge on any atom is 0.226 e. The molecule has 1 heterocycles. The number of hydrogen-bond donors (Lipinski definition) is 2. The Labute approximate surface area is 146 Å². The Balaban J connectivity index is 1.53. The quantitative estimate of drug-likeness (QED) is 0.807. The third kappa shape index (κ3) is 4.23. The van der Waals surface area contributed by atoms with E-state index in [1.165, 1.54) is 0 Å². The molecule has 0 radical (unpaired) electrons. The average molecular weight is 341 g/mol. The molecule has 7 heteroatoms. The van der Waals surface area contributed by atoms with Crippen molar-refractivity contribution in [2.45, 2.75) is 33.2 Å². The van der Waals surface area contributed by atoms with Crippen LogP contribution < -0.4 is 10.6 Å². The number of benzene rings is 1. The van der Waals surface area contributed by atoms with Crippen LogP contribution in [-0.2, 0) is 16.1 Å². The summed E-state index contributed by atoms with van der Waals surface area (Å²) in [5.41, 5.74) is 1.60. The summed E-state index contributed by atoms with van der Waals surface area (Å²) < 4.78 is 1.94. The molecule has 1 aromatic heterocycles. The van der Waals surface area contributed by atoms with Crippen molar-refractivity contribution in [3.63, 3.8) is 0 Å². The number of aromatic nitrogens is 3. The highest BCUT2D eigenvalue weighted by atomic mass is 16.2. The summed E-state index contributed by atoms with van der Waals surface area (Å²) >= 11 is 0. The molecule has 7 nitrogen and oxygen atoms in total. The van der Waals surface area contributed by atoms with Gasteiger partial charge in [-0.2, -0.15) is 0 Å². The fourth-order valence-electron chi connectivity index (χ4n) is 2.79. The normalized spacial score (nSPS) is 18.6. The van der Waals surface area contributed by atoms with Crippen molar-refractivity contribution in [3.05, 3.63) is 30.6 Å². The van der Waals surface area contributed by atoms with E-state index in [0.29, 0.717) is 18.2 Å². The monoisotopic (exact) mass is 341 g/mol. The van der Waals surface area contributed by atoms with E-state index in [2.05, 4.69) is 27.8 Å². The molecule has 1 aliphatic rings. The van der Waals surface area contributed by atoms with Crippen LogP contribution >= 0.6 is 0 Å². The number of hydrogen-bond acceptors (Lipinski definition) is 4. The summed E-state index contributed by atoms with van der Waals surface area (Å²) in [4.78, 5) is 23.8. The Hall–Kier alpha value is -2.70. The van der Waals surface area contributed by atoms with Gasteiger partial charge in [0.1, 0.15) is 6.33 Å². The molecule has 2 amide bonds. The average Bonchev–Trinajstić information content (AvgIpc) is 3.15. The van der Waals surface area contributed by atoms with Gasteiger partial charge in [-0.3, -0.25) is 9.59 Å². The molecule has 1 aromatic carbocycles. The number of anilines is 1. The van der Waals surface area contributed by atoms with E-state index >= 15 is 0 Å². The Bertz CT molecular complexity index is 770. The number of nitrogens with one attached hydrogen (secondary N) is 2. The molecule has 2 aromatic rings. The molecule has 2 atom stereocenters. The first-order chi connectivity index (χ1) is 12.1. The van der Waals surface area contributed by atoms with Crippen molar-refractivity contribution in [2.75, 3.05) is 11.9 Å². The molecule has 132 valence electrons. The van der Waals surface area contributed by atoms with E-state index in [4.69, 9.17) is 0 Å². The van der Waals surface area contributed by atoms with Gasteiger partial charge in [0.2, 0.25) is 11.8 Å². The zero-order valence-electron chi connectivity index (χ0n) is 14.5. The van der Waals surface area contributed by atoms with E-state index in [-0.39, 0.29) is 24.2 Å². The topological polar surface area (TPSA) is 88.9 Å². The van der Waals surface area contributed by atoms with Crippen LogP contribution in [0.15, 0.2) is 30.6 Å². The molecule has 0 unspecified atom stereocenters. The Morgan fingerprint density at radius 3 is 2.88 bits per heavy atom. The number of rotatable bonds is 7. The fourth-order valence-corrected chi connectivity index (χ4v) is 2.79. The number of amides is 2.